The number of aliphatic carboxylic acids is 1. The minimum Gasteiger partial charge on any atom is -0.481 e. The molecule has 1 aromatic carbocycles. The second kappa shape index (κ2) is 5.35. The highest BCUT2D eigenvalue weighted by Gasteiger charge is 2.30. The molecule has 0 spiro atoms. The van der Waals surface area contributed by atoms with E-state index in [1.165, 1.54) is 17.5 Å². The van der Waals surface area contributed by atoms with Gasteiger partial charge in [-0.25, -0.2) is 0 Å². The number of carbonyl (C=O) groups is 1. The predicted molar refractivity (Wildman–Crippen MR) is 68.2 cm³/mol. The van der Waals surface area contributed by atoms with Gasteiger partial charge in [0.1, 0.15) is 0 Å². The Kier molecular flexibility index (Phi) is 3.82. The smallest absolute Gasteiger partial charge is 0.306 e. The van der Waals surface area contributed by atoms with Gasteiger partial charge in [0.2, 0.25) is 0 Å². The van der Waals surface area contributed by atoms with Gasteiger partial charge in [-0.15, -0.1) is 0 Å². The Balaban J connectivity index is 2.01. The van der Waals surface area contributed by atoms with Crippen molar-refractivity contribution in [2.45, 2.75) is 44.9 Å². The number of aryl methyl sites for hydroxylation is 1. The molecule has 92 valence electrons. The Morgan fingerprint density at radius 3 is 2.53 bits per heavy atom. The Morgan fingerprint density at radius 1 is 1.29 bits per heavy atom. The second-order valence-corrected chi connectivity index (χ2v) is 5.04. The first-order valence-corrected chi connectivity index (χ1v) is 6.52. The maximum Gasteiger partial charge on any atom is 0.306 e. The van der Waals surface area contributed by atoms with Crippen LogP contribution in [0, 0.1) is 5.92 Å². The van der Waals surface area contributed by atoms with Crippen molar-refractivity contribution in [2.75, 3.05) is 0 Å². The Hall–Kier alpha value is -1.31. The van der Waals surface area contributed by atoms with Crippen molar-refractivity contribution in [1.29, 1.82) is 0 Å². The molecular weight excluding hydrogens is 212 g/mol. The van der Waals surface area contributed by atoms with Crippen molar-refractivity contribution in [2.24, 2.45) is 5.92 Å². The van der Waals surface area contributed by atoms with Crippen LogP contribution in [-0.2, 0) is 11.2 Å². The van der Waals surface area contributed by atoms with Crippen LogP contribution in [0.3, 0.4) is 0 Å². The number of carboxylic acid groups (broad SMARTS) is 1. The highest BCUT2D eigenvalue weighted by Crippen LogP contribution is 2.38. The Bertz CT molecular complexity index is 380. The highest BCUT2D eigenvalue weighted by molar-refractivity contribution is 5.70. The molecule has 0 aromatic heterocycles. The number of rotatable bonds is 4. The lowest BCUT2D eigenvalue weighted by Gasteiger charge is -2.10. The number of benzene rings is 1. The fourth-order valence-corrected chi connectivity index (χ4v) is 2.75. The summed E-state index contributed by atoms with van der Waals surface area (Å²) < 4.78 is 0. The molecular formula is C15H20O2. The zero-order valence-electron chi connectivity index (χ0n) is 10.4. The molecule has 0 saturated heterocycles. The largest absolute Gasteiger partial charge is 0.481 e. The summed E-state index contributed by atoms with van der Waals surface area (Å²) in [4.78, 5) is 10.9. The summed E-state index contributed by atoms with van der Waals surface area (Å²) in [7, 11) is 0. The summed E-state index contributed by atoms with van der Waals surface area (Å²) in [5.74, 6) is -0.308. The van der Waals surface area contributed by atoms with Crippen molar-refractivity contribution in [3.63, 3.8) is 0 Å². The zero-order chi connectivity index (χ0) is 12.3. The van der Waals surface area contributed by atoms with Gasteiger partial charge in [-0.3, -0.25) is 4.79 Å². The lowest BCUT2D eigenvalue weighted by Crippen LogP contribution is -2.09. The van der Waals surface area contributed by atoms with Crippen molar-refractivity contribution < 1.29 is 9.90 Å². The van der Waals surface area contributed by atoms with Gasteiger partial charge in [0.25, 0.3) is 0 Å². The van der Waals surface area contributed by atoms with E-state index in [1.807, 2.05) is 0 Å². The van der Waals surface area contributed by atoms with Crippen LogP contribution >= 0.6 is 0 Å². The van der Waals surface area contributed by atoms with Gasteiger partial charge in [-0.1, -0.05) is 37.6 Å². The zero-order valence-corrected chi connectivity index (χ0v) is 10.4. The molecule has 0 aliphatic heterocycles. The third-order valence-electron chi connectivity index (χ3n) is 3.77. The first-order chi connectivity index (χ1) is 8.20. The molecule has 2 unspecified atom stereocenters. The van der Waals surface area contributed by atoms with Crippen molar-refractivity contribution in [1.82, 2.24) is 0 Å². The molecule has 1 saturated carbocycles. The Morgan fingerprint density at radius 2 is 2.00 bits per heavy atom. The van der Waals surface area contributed by atoms with Crippen molar-refractivity contribution >= 4 is 5.97 Å². The summed E-state index contributed by atoms with van der Waals surface area (Å²) in [6, 6.07) is 8.74. The van der Waals surface area contributed by atoms with E-state index in [9.17, 15) is 4.79 Å². The fraction of sp³-hybridized carbons (Fsp3) is 0.533. The minimum atomic E-state index is -0.630. The van der Waals surface area contributed by atoms with E-state index in [1.54, 1.807) is 0 Å². The molecule has 1 N–H and O–H groups in total. The van der Waals surface area contributed by atoms with Gasteiger partial charge >= 0.3 is 5.97 Å². The maximum atomic E-state index is 10.9. The number of carboxylic acids is 1. The molecule has 2 rings (SSSR count). The van der Waals surface area contributed by atoms with Crippen LogP contribution in [0.4, 0.5) is 0 Å². The summed E-state index contributed by atoms with van der Waals surface area (Å²) in [5.41, 5.74) is 2.69. The highest BCUT2D eigenvalue weighted by atomic mass is 16.4. The molecule has 0 bridgehead atoms. The van der Waals surface area contributed by atoms with Crippen molar-refractivity contribution in [3.8, 4) is 0 Å². The van der Waals surface area contributed by atoms with Crippen LogP contribution < -0.4 is 0 Å². The topological polar surface area (TPSA) is 37.3 Å². The average molecular weight is 232 g/mol. The maximum absolute atomic E-state index is 10.9. The molecule has 1 aliphatic rings. The normalized spacial score (nSPS) is 23.8. The minimum absolute atomic E-state index is 0.129. The fourth-order valence-electron chi connectivity index (χ4n) is 2.75. The average Bonchev–Trinajstić information content (AvgIpc) is 2.80. The monoisotopic (exact) mass is 232 g/mol. The van der Waals surface area contributed by atoms with E-state index in [4.69, 9.17) is 5.11 Å². The van der Waals surface area contributed by atoms with Crippen LogP contribution in [0.2, 0.25) is 0 Å². The molecule has 2 heteroatoms. The van der Waals surface area contributed by atoms with E-state index in [0.29, 0.717) is 5.92 Å². The molecule has 0 heterocycles. The van der Waals surface area contributed by atoms with Crippen LogP contribution in [0.1, 0.15) is 49.7 Å². The van der Waals surface area contributed by atoms with E-state index < -0.39 is 5.97 Å². The molecule has 1 aromatic rings. The first kappa shape index (κ1) is 12.2. The molecule has 17 heavy (non-hydrogen) atoms. The first-order valence-electron chi connectivity index (χ1n) is 6.52. The summed E-state index contributed by atoms with van der Waals surface area (Å²) >= 11 is 0. The van der Waals surface area contributed by atoms with Gasteiger partial charge in [-0.05, 0) is 42.7 Å². The standard InChI is InChI=1S/C15H20O2/c1-2-3-11-4-6-12(7-5-11)13-8-9-14(10-13)15(16)17/h4-7,13-14H,2-3,8-10H2,1H3,(H,16,17). The van der Waals surface area contributed by atoms with Gasteiger partial charge in [0.15, 0.2) is 0 Å². The lowest BCUT2D eigenvalue weighted by atomic mass is 9.95. The number of hydrogen-bond acceptors (Lipinski definition) is 1. The van der Waals surface area contributed by atoms with E-state index >= 15 is 0 Å². The van der Waals surface area contributed by atoms with Crippen molar-refractivity contribution in [3.05, 3.63) is 35.4 Å². The summed E-state index contributed by atoms with van der Waals surface area (Å²) in [6.45, 7) is 2.18. The summed E-state index contributed by atoms with van der Waals surface area (Å²) in [6.07, 6.45) is 4.95. The molecule has 1 aliphatic carbocycles. The second-order valence-electron chi connectivity index (χ2n) is 5.04. The number of hydrogen-bond donors (Lipinski definition) is 1. The molecule has 0 amide bonds. The Labute approximate surface area is 103 Å². The van der Waals surface area contributed by atoms with E-state index in [0.717, 1.165) is 25.7 Å². The lowest BCUT2D eigenvalue weighted by molar-refractivity contribution is -0.141. The van der Waals surface area contributed by atoms with Gasteiger partial charge in [0, 0.05) is 0 Å². The molecule has 0 radical (unpaired) electrons. The van der Waals surface area contributed by atoms with Crippen LogP contribution in [0.15, 0.2) is 24.3 Å². The van der Waals surface area contributed by atoms with Crippen LogP contribution in [-0.4, -0.2) is 11.1 Å². The molecule has 2 nitrogen and oxygen atoms in total. The molecule has 1 fully saturated rings. The predicted octanol–water partition coefficient (Wildman–Crippen LogP) is 3.61. The third kappa shape index (κ3) is 2.87. The van der Waals surface area contributed by atoms with E-state index in [-0.39, 0.29) is 5.92 Å². The molecule has 2 atom stereocenters. The van der Waals surface area contributed by atoms with Gasteiger partial charge < -0.3 is 5.11 Å². The third-order valence-corrected chi connectivity index (χ3v) is 3.77. The quantitative estimate of drug-likeness (QED) is 0.861. The van der Waals surface area contributed by atoms with Crippen LogP contribution in [0.5, 0.6) is 0 Å². The van der Waals surface area contributed by atoms with Gasteiger partial charge in [0.05, 0.1) is 5.92 Å². The van der Waals surface area contributed by atoms with Crippen LogP contribution in [0.25, 0.3) is 0 Å². The summed E-state index contributed by atoms with van der Waals surface area (Å²) in [5, 5.41) is 8.99. The SMILES string of the molecule is CCCc1ccc(C2CCC(C(=O)O)C2)cc1. The van der Waals surface area contributed by atoms with E-state index in [2.05, 4.69) is 31.2 Å². The van der Waals surface area contributed by atoms with Gasteiger partial charge in [-0.2, -0.15) is 0 Å².